The van der Waals surface area contributed by atoms with Crippen molar-refractivity contribution < 1.29 is 4.79 Å². The maximum absolute atomic E-state index is 11.8. The van der Waals surface area contributed by atoms with Gasteiger partial charge in [0.05, 0.1) is 10.6 Å². The fraction of sp³-hybridized carbons (Fsp3) is 0.0714. The van der Waals surface area contributed by atoms with E-state index >= 15 is 0 Å². The van der Waals surface area contributed by atoms with Crippen LogP contribution in [0, 0.1) is 6.07 Å². The van der Waals surface area contributed by atoms with Crippen molar-refractivity contribution in [1.29, 1.82) is 0 Å². The Hall–Kier alpha value is -1.80. The molecule has 2 nitrogen and oxygen atoms in total. The van der Waals surface area contributed by atoms with E-state index < -0.39 is 0 Å². The van der Waals surface area contributed by atoms with Crippen LogP contribution in [0.4, 0.5) is 0 Å². The Morgan fingerprint density at radius 2 is 1.94 bits per heavy atom. The fourth-order valence-corrected chi connectivity index (χ4v) is 1.67. The number of hydrogen-bond donors (Lipinski definition) is 1. The Morgan fingerprint density at radius 1 is 1.18 bits per heavy atom. The number of carbonyl (C=O) groups is 1. The highest BCUT2D eigenvalue weighted by molar-refractivity contribution is 6.33. The average molecular weight is 245 g/mol. The van der Waals surface area contributed by atoms with Crippen molar-refractivity contribution in [2.75, 3.05) is 0 Å². The van der Waals surface area contributed by atoms with Gasteiger partial charge in [-0.25, -0.2) is 0 Å². The third-order valence-corrected chi connectivity index (χ3v) is 2.64. The summed E-state index contributed by atoms with van der Waals surface area (Å²) in [5.74, 6) is -0.209. The normalized spacial score (nSPS) is 9.94. The summed E-state index contributed by atoms with van der Waals surface area (Å²) in [6, 6.07) is 17.6. The molecule has 0 bridgehead atoms. The van der Waals surface area contributed by atoms with Crippen LogP contribution in [0.25, 0.3) is 0 Å². The van der Waals surface area contributed by atoms with Gasteiger partial charge in [-0.15, -0.1) is 0 Å². The molecule has 1 radical (unpaired) electrons. The van der Waals surface area contributed by atoms with Crippen molar-refractivity contribution >= 4 is 17.5 Å². The topological polar surface area (TPSA) is 29.1 Å². The minimum atomic E-state index is -0.209. The first kappa shape index (κ1) is 11.7. The van der Waals surface area contributed by atoms with Crippen LogP contribution >= 0.6 is 11.6 Å². The molecule has 2 aromatic rings. The first-order valence-corrected chi connectivity index (χ1v) is 5.63. The fourth-order valence-electron chi connectivity index (χ4n) is 1.46. The van der Waals surface area contributed by atoms with Gasteiger partial charge in [-0.1, -0.05) is 54.1 Å². The number of nitrogens with one attached hydrogen (secondary N) is 1. The molecule has 2 rings (SSSR count). The molecule has 85 valence electrons. The maximum atomic E-state index is 11.8. The van der Waals surface area contributed by atoms with E-state index in [2.05, 4.69) is 11.4 Å². The molecule has 1 amide bonds. The third-order valence-electron chi connectivity index (χ3n) is 2.33. The van der Waals surface area contributed by atoms with Crippen LogP contribution in [0.1, 0.15) is 15.9 Å². The van der Waals surface area contributed by atoms with Crippen molar-refractivity contribution in [3.05, 3.63) is 70.7 Å². The minimum Gasteiger partial charge on any atom is -0.348 e. The summed E-state index contributed by atoms with van der Waals surface area (Å²) in [5, 5.41) is 3.22. The largest absolute Gasteiger partial charge is 0.348 e. The molecule has 0 unspecified atom stereocenters. The molecule has 0 aliphatic carbocycles. The van der Waals surface area contributed by atoms with Crippen molar-refractivity contribution in [1.82, 2.24) is 5.32 Å². The average Bonchev–Trinajstić information content (AvgIpc) is 2.38. The van der Waals surface area contributed by atoms with E-state index in [1.54, 1.807) is 18.2 Å². The zero-order valence-corrected chi connectivity index (χ0v) is 9.87. The van der Waals surface area contributed by atoms with Crippen molar-refractivity contribution in [2.24, 2.45) is 0 Å². The summed E-state index contributed by atoms with van der Waals surface area (Å²) in [6.07, 6.45) is 0. The minimum absolute atomic E-state index is 0.209. The van der Waals surface area contributed by atoms with E-state index in [9.17, 15) is 4.79 Å². The number of rotatable bonds is 3. The molecule has 2 aromatic carbocycles. The molecular formula is C14H11ClNO. The van der Waals surface area contributed by atoms with E-state index in [1.807, 2.05) is 30.3 Å². The lowest BCUT2D eigenvalue weighted by Crippen LogP contribution is -2.23. The van der Waals surface area contributed by atoms with Gasteiger partial charge in [0.2, 0.25) is 0 Å². The van der Waals surface area contributed by atoms with Crippen LogP contribution in [-0.4, -0.2) is 5.91 Å². The number of hydrogen-bond acceptors (Lipinski definition) is 1. The molecule has 0 saturated heterocycles. The SMILES string of the molecule is O=C(NCc1ccccc1)c1[c]cccc1Cl. The standard InChI is InChI=1S/C14H11ClNO/c15-13-9-5-4-8-12(13)14(17)16-10-11-6-2-1-3-7-11/h1-7,9H,10H2,(H,16,17). The van der Waals surface area contributed by atoms with Crippen LogP contribution < -0.4 is 5.32 Å². The number of halogens is 1. The summed E-state index contributed by atoms with van der Waals surface area (Å²) in [7, 11) is 0. The Kier molecular flexibility index (Phi) is 3.78. The lowest BCUT2D eigenvalue weighted by Gasteiger charge is -2.06. The zero-order valence-electron chi connectivity index (χ0n) is 9.11. The molecule has 0 heterocycles. The Morgan fingerprint density at radius 3 is 2.65 bits per heavy atom. The molecule has 0 spiro atoms. The summed E-state index contributed by atoms with van der Waals surface area (Å²) in [4.78, 5) is 11.8. The van der Waals surface area contributed by atoms with Crippen LogP contribution in [0.15, 0.2) is 48.5 Å². The molecular weight excluding hydrogens is 234 g/mol. The van der Waals surface area contributed by atoms with Gasteiger partial charge in [0, 0.05) is 6.54 Å². The van der Waals surface area contributed by atoms with E-state index in [1.165, 1.54) is 0 Å². The Balaban J connectivity index is 2.01. The monoisotopic (exact) mass is 244 g/mol. The summed E-state index contributed by atoms with van der Waals surface area (Å²) in [5.41, 5.74) is 1.43. The predicted molar refractivity (Wildman–Crippen MR) is 67.9 cm³/mol. The van der Waals surface area contributed by atoms with Gasteiger partial charge in [-0.05, 0) is 17.7 Å². The molecule has 3 heteroatoms. The Labute approximate surface area is 105 Å². The lowest BCUT2D eigenvalue weighted by molar-refractivity contribution is 0.0951. The van der Waals surface area contributed by atoms with Gasteiger partial charge < -0.3 is 5.32 Å². The molecule has 0 aromatic heterocycles. The maximum Gasteiger partial charge on any atom is 0.253 e. The number of carbonyl (C=O) groups excluding carboxylic acids is 1. The zero-order chi connectivity index (χ0) is 12.1. The molecule has 17 heavy (non-hydrogen) atoms. The quantitative estimate of drug-likeness (QED) is 0.883. The van der Waals surface area contributed by atoms with Crippen LogP contribution in [0.2, 0.25) is 5.02 Å². The second-order valence-corrected chi connectivity index (χ2v) is 3.97. The van der Waals surface area contributed by atoms with Gasteiger partial charge >= 0.3 is 0 Å². The van der Waals surface area contributed by atoms with Gasteiger partial charge in [-0.3, -0.25) is 4.79 Å². The second kappa shape index (κ2) is 5.51. The van der Waals surface area contributed by atoms with Crippen molar-refractivity contribution in [3.8, 4) is 0 Å². The molecule has 0 atom stereocenters. The molecule has 0 aliphatic rings. The summed E-state index contributed by atoms with van der Waals surface area (Å²) in [6.45, 7) is 0.485. The van der Waals surface area contributed by atoms with Crippen LogP contribution in [-0.2, 0) is 6.54 Å². The first-order valence-electron chi connectivity index (χ1n) is 5.25. The van der Waals surface area contributed by atoms with Gasteiger partial charge in [-0.2, -0.15) is 0 Å². The predicted octanol–water partition coefficient (Wildman–Crippen LogP) is 3.07. The molecule has 0 saturated carbocycles. The van der Waals surface area contributed by atoms with Gasteiger partial charge in [0.25, 0.3) is 5.91 Å². The summed E-state index contributed by atoms with van der Waals surface area (Å²) < 4.78 is 0. The summed E-state index contributed by atoms with van der Waals surface area (Å²) >= 11 is 5.91. The highest BCUT2D eigenvalue weighted by Gasteiger charge is 2.08. The lowest BCUT2D eigenvalue weighted by atomic mass is 10.2. The number of amides is 1. The highest BCUT2D eigenvalue weighted by Crippen LogP contribution is 2.14. The van der Waals surface area contributed by atoms with Gasteiger partial charge in [0.1, 0.15) is 0 Å². The Bertz CT molecular complexity index is 511. The molecule has 0 fully saturated rings. The van der Waals surface area contributed by atoms with E-state index in [4.69, 9.17) is 11.6 Å². The van der Waals surface area contributed by atoms with E-state index in [0.29, 0.717) is 17.1 Å². The highest BCUT2D eigenvalue weighted by atomic mass is 35.5. The third kappa shape index (κ3) is 3.08. The van der Waals surface area contributed by atoms with Crippen LogP contribution in [0.5, 0.6) is 0 Å². The smallest absolute Gasteiger partial charge is 0.253 e. The first-order chi connectivity index (χ1) is 8.27. The van der Waals surface area contributed by atoms with Crippen molar-refractivity contribution in [2.45, 2.75) is 6.54 Å². The number of benzene rings is 2. The van der Waals surface area contributed by atoms with E-state index in [0.717, 1.165) is 5.56 Å². The van der Waals surface area contributed by atoms with Crippen LogP contribution in [0.3, 0.4) is 0 Å². The molecule has 1 N–H and O–H groups in total. The van der Waals surface area contributed by atoms with Gasteiger partial charge in [0.15, 0.2) is 0 Å². The van der Waals surface area contributed by atoms with Crippen molar-refractivity contribution in [3.63, 3.8) is 0 Å². The second-order valence-electron chi connectivity index (χ2n) is 3.56. The molecule has 0 aliphatic heterocycles. The van der Waals surface area contributed by atoms with E-state index in [-0.39, 0.29) is 5.91 Å².